The highest BCUT2D eigenvalue weighted by Gasteiger charge is 2.24. The summed E-state index contributed by atoms with van der Waals surface area (Å²) in [4.78, 5) is 10.9. The van der Waals surface area contributed by atoms with Crippen molar-refractivity contribution >= 4 is 5.97 Å². The van der Waals surface area contributed by atoms with Gasteiger partial charge in [-0.05, 0) is 30.6 Å². The van der Waals surface area contributed by atoms with E-state index in [9.17, 15) is 4.79 Å². The maximum Gasteiger partial charge on any atom is 0.306 e. The quantitative estimate of drug-likeness (QED) is 0.713. The standard InChI is InChI=1S/C12H24O2/c1-8(2)6-11(7-9(3)4)10(5)12(13)14/h8-11H,6-7H2,1-5H3,(H,13,14). The molecule has 0 aromatic rings. The van der Waals surface area contributed by atoms with Crippen molar-refractivity contribution in [2.75, 3.05) is 0 Å². The Balaban J connectivity index is 4.30. The lowest BCUT2D eigenvalue weighted by Crippen LogP contribution is -2.23. The topological polar surface area (TPSA) is 37.3 Å². The number of carboxylic acids is 1. The molecule has 0 spiro atoms. The van der Waals surface area contributed by atoms with E-state index in [1.807, 2.05) is 6.92 Å². The van der Waals surface area contributed by atoms with Gasteiger partial charge in [0.25, 0.3) is 0 Å². The molecule has 0 radical (unpaired) electrons. The molecule has 0 aromatic heterocycles. The van der Waals surface area contributed by atoms with Gasteiger partial charge in [-0.2, -0.15) is 0 Å². The third kappa shape index (κ3) is 5.25. The van der Waals surface area contributed by atoms with Crippen LogP contribution < -0.4 is 0 Å². The highest BCUT2D eigenvalue weighted by atomic mass is 16.4. The van der Waals surface area contributed by atoms with Crippen LogP contribution in [0.25, 0.3) is 0 Å². The maximum atomic E-state index is 10.9. The predicted molar refractivity (Wildman–Crippen MR) is 59.2 cm³/mol. The van der Waals surface area contributed by atoms with Crippen LogP contribution in [0, 0.1) is 23.7 Å². The minimum atomic E-state index is -0.656. The molecule has 1 atom stereocenters. The van der Waals surface area contributed by atoms with Crippen molar-refractivity contribution in [2.45, 2.75) is 47.5 Å². The van der Waals surface area contributed by atoms with Crippen molar-refractivity contribution in [1.82, 2.24) is 0 Å². The van der Waals surface area contributed by atoms with Crippen molar-refractivity contribution < 1.29 is 9.90 Å². The molecule has 0 saturated carbocycles. The summed E-state index contributed by atoms with van der Waals surface area (Å²) in [6.45, 7) is 10.4. The third-order valence-electron chi connectivity index (χ3n) is 2.64. The average molecular weight is 200 g/mol. The van der Waals surface area contributed by atoms with Gasteiger partial charge >= 0.3 is 5.97 Å². The van der Waals surface area contributed by atoms with E-state index in [4.69, 9.17) is 5.11 Å². The Morgan fingerprint density at radius 1 is 1.00 bits per heavy atom. The Bertz CT molecular complexity index is 163. The van der Waals surface area contributed by atoms with E-state index < -0.39 is 5.97 Å². The number of rotatable bonds is 6. The Labute approximate surface area is 87.7 Å². The molecule has 1 N–H and O–H groups in total. The van der Waals surface area contributed by atoms with Crippen molar-refractivity contribution in [3.63, 3.8) is 0 Å². The molecule has 84 valence electrons. The van der Waals surface area contributed by atoms with E-state index in [0.717, 1.165) is 12.8 Å². The summed E-state index contributed by atoms with van der Waals surface area (Å²) in [5.74, 6) is 0.629. The molecule has 2 heteroatoms. The Hall–Kier alpha value is -0.530. The van der Waals surface area contributed by atoms with Crippen LogP contribution in [0.4, 0.5) is 0 Å². The van der Waals surface area contributed by atoms with Crippen LogP contribution in [0.1, 0.15) is 47.5 Å². The molecule has 0 aliphatic heterocycles. The highest BCUT2D eigenvalue weighted by Crippen LogP contribution is 2.27. The third-order valence-corrected chi connectivity index (χ3v) is 2.64. The zero-order valence-corrected chi connectivity index (χ0v) is 10.1. The first-order valence-electron chi connectivity index (χ1n) is 5.57. The lowest BCUT2D eigenvalue weighted by molar-refractivity contribution is -0.143. The number of hydrogen-bond acceptors (Lipinski definition) is 1. The molecule has 0 aromatic carbocycles. The van der Waals surface area contributed by atoms with Gasteiger partial charge in [-0.3, -0.25) is 4.79 Å². The first-order valence-corrected chi connectivity index (χ1v) is 5.57. The minimum absolute atomic E-state index is 0.209. The zero-order valence-electron chi connectivity index (χ0n) is 10.1. The van der Waals surface area contributed by atoms with Crippen LogP contribution in [0.5, 0.6) is 0 Å². The fraction of sp³-hybridized carbons (Fsp3) is 0.917. The normalized spacial score (nSPS) is 14.0. The molecule has 0 aliphatic rings. The largest absolute Gasteiger partial charge is 0.481 e. The fourth-order valence-corrected chi connectivity index (χ4v) is 1.92. The van der Waals surface area contributed by atoms with Crippen LogP contribution in [-0.4, -0.2) is 11.1 Å². The van der Waals surface area contributed by atoms with E-state index in [-0.39, 0.29) is 5.92 Å². The molecule has 1 unspecified atom stereocenters. The van der Waals surface area contributed by atoms with E-state index in [2.05, 4.69) is 27.7 Å². The lowest BCUT2D eigenvalue weighted by atomic mass is 9.81. The van der Waals surface area contributed by atoms with Crippen LogP contribution in [-0.2, 0) is 4.79 Å². The van der Waals surface area contributed by atoms with Gasteiger partial charge in [0.05, 0.1) is 5.92 Å². The van der Waals surface area contributed by atoms with Gasteiger partial charge in [0.15, 0.2) is 0 Å². The molecule has 0 saturated heterocycles. The second kappa shape index (κ2) is 6.05. The number of aliphatic carboxylic acids is 1. The maximum absolute atomic E-state index is 10.9. The molecule has 0 bridgehead atoms. The number of carboxylic acid groups (broad SMARTS) is 1. The van der Waals surface area contributed by atoms with Gasteiger partial charge in [0.1, 0.15) is 0 Å². The van der Waals surface area contributed by atoms with Crippen molar-refractivity contribution in [3.8, 4) is 0 Å². The summed E-state index contributed by atoms with van der Waals surface area (Å²) in [5, 5.41) is 8.98. The Morgan fingerprint density at radius 3 is 1.57 bits per heavy atom. The highest BCUT2D eigenvalue weighted by molar-refractivity contribution is 5.69. The summed E-state index contributed by atoms with van der Waals surface area (Å²) in [7, 11) is 0. The van der Waals surface area contributed by atoms with Gasteiger partial charge < -0.3 is 5.11 Å². The van der Waals surface area contributed by atoms with E-state index >= 15 is 0 Å². The monoisotopic (exact) mass is 200 g/mol. The van der Waals surface area contributed by atoms with Crippen LogP contribution in [0.15, 0.2) is 0 Å². The molecular weight excluding hydrogens is 176 g/mol. The molecule has 0 heterocycles. The predicted octanol–water partition coefficient (Wildman–Crippen LogP) is 3.42. The van der Waals surface area contributed by atoms with Gasteiger partial charge in [-0.1, -0.05) is 34.6 Å². The van der Waals surface area contributed by atoms with Crippen LogP contribution >= 0.6 is 0 Å². The zero-order chi connectivity index (χ0) is 11.3. The minimum Gasteiger partial charge on any atom is -0.481 e. The first-order chi connectivity index (χ1) is 6.34. The van der Waals surface area contributed by atoms with Crippen molar-refractivity contribution in [2.24, 2.45) is 23.7 Å². The molecule has 0 aliphatic carbocycles. The van der Waals surface area contributed by atoms with Gasteiger partial charge in [0, 0.05) is 0 Å². The van der Waals surface area contributed by atoms with Crippen LogP contribution in [0.3, 0.4) is 0 Å². The molecule has 0 fully saturated rings. The van der Waals surface area contributed by atoms with Gasteiger partial charge in [-0.25, -0.2) is 0 Å². The van der Waals surface area contributed by atoms with Crippen LogP contribution in [0.2, 0.25) is 0 Å². The molecule has 14 heavy (non-hydrogen) atoms. The Morgan fingerprint density at radius 2 is 1.36 bits per heavy atom. The molecule has 2 nitrogen and oxygen atoms in total. The number of carbonyl (C=O) groups is 1. The first kappa shape index (κ1) is 13.5. The second-order valence-electron chi connectivity index (χ2n) is 5.15. The summed E-state index contributed by atoms with van der Waals surface area (Å²) in [5.41, 5.74) is 0. The van der Waals surface area contributed by atoms with E-state index in [1.165, 1.54) is 0 Å². The molecular formula is C12H24O2. The smallest absolute Gasteiger partial charge is 0.306 e. The van der Waals surface area contributed by atoms with Gasteiger partial charge in [-0.15, -0.1) is 0 Å². The molecule has 0 rings (SSSR count). The van der Waals surface area contributed by atoms with Gasteiger partial charge in [0.2, 0.25) is 0 Å². The Kier molecular flexibility index (Phi) is 5.82. The summed E-state index contributed by atoms with van der Waals surface area (Å²) >= 11 is 0. The molecule has 0 amide bonds. The lowest BCUT2D eigenvalue weighted by Gasteiger charge is -2.24. The SMILES string of the molecule is CC(C)CC(CC(C)C)C(C)C(=O)O. The summed E-state index contributed by atoms with van der Waals surface area (Å²) < 4.78 is 0. The van der Waals surface area contributed by atoms with Crippen molar-refractivity contribution in [1.29, 1.82) is 0 Å². The fourth-order valence-electron chi connectivity index (χ4n) is 1.92. The summed E-state index contributed by atoms with van der Waals surface area (Å²) in [6.07, 6.45) is 2.04. The number of hydrogen-bond donors (Lipinski definition) is 1. The van der Waals surface area contributed by atoms with Crippen molar-refractivity contribution in [3.05, 3.63) is 0 Å². The van der Waals surface area contributed by atoms with E-state index in [0.29, 0.717) is 17.8 Å². The summed E-state index contributed by atoms with van der Waals surface area (Å²) in [6, 6.07) is 0. The second-order valence-corrected chi connectivity index (χ2v) is 5.15. The van der Waals surface area contributed by atoms with E-state index in [1.54, 1.807) is 0 Å². The average Bonchev–Trinajstić information content (AvgIpc) is 1.99.